The Kier molecular flexibility index (Phi) is 4.19. The Labute approximate surface area is 57.0 Å². The zero-order chi connectivity index (χ0) is 7.28. The van der Waals surface area contributed by atoms with Gasteiger partial charge in [-0.2, -0.15) is 0 Å². The van der Waals surface area contributed by atoms with Crippen LogP contribution in [0.25, 0.3) is 0 Å². The van der Waals surface area contributed by atoms with Gasteiger partial charge in [-0.15, -0.1) is 0 Å². The van der Waals surface area contributed by atoms with Crippen molar-refractivity contribution in [1.29, 1.82) is 0 Å². The van der Waals surface area contributed by atoms with Crippen molar-refractivity contribution < 1.29 is 9.53 Å². The monoisotopic (exact) mass is 128 g/mol. The van der Waals surface area contributed by atoms with Gasteiger partial charge in [-0.25, -0.2) is 0 Å². The highest BCUT2D eigenvalue weighted by molar-refractivity contribution is 6.12. The molecule has 52 valence electrons. The lowest BCUT2D eigenvalue weighted by atomic mass is 9.87. The summed E-state index contributed by atoms with van der Waals surface area (Å²) in [4.78, 5) is 10.6. The highest BCUT2D eigenvalue weighted by Gasteiger charge is 2.03. The highest BCUT2D eigenvalue weighted by atomic mass is 16.5. The maximum atomic E-state index is 10.6. The summed E-state index contributed by atoms with van der Waals surface area (Å²) in [5.74, 6) is 0.316. The topological polar surface area (TPSA) is 26.3 Å². The van der Waals surface area contributed by atoms with E-state index in [9.17, 15) is 4.79 Å². The van der Waals surface area contributed by atoms with E-state index in [1.165, 1.54) is 0 Å². The Morgan fingerprint density at radius 3 is 2.67 bits per heavy atom. The van der Waals surface area contributed by atoms with Crippen LogP contribution < -0.4 is 0 Å². The lowest BCUT2D eigenvalue weighted by Gasteiger charge is -2.02. The lowest BCUT2D eigenvalue weighted by molar-refractivity contribution is -0.143. The van der Waals surface area contributed by atoms with Crippen molar-refractivity contribution in [3.05, 3.63) is 0 Å². The summed E-state index contributed by atoms with van der Waals surface area (Å²) in [6, 6.07) is 0. The van der Waals surface area contributed by atoms with Crippen LogP contribution in [-0.4, -0.2) is 20.4 Å². The Bertz CT molecular complexity index is 91.1. The van der Waals surface area contributed by atoms with E-state index >= 15 is 0 Å². The number of hydrogen-bond acceptors (Lipinski definition) is 2. The molecule has 1 unspecified atom stereocenters. The normalized spacial score (nSPS) is 12.7. The molecule has 3 heteroatoms. The SMILES string of the molecule is BC(C)CC(=O)OCC. The average molecular weight is 128 g/mol. The summed E-state index contributed by atoms with van der Waals surface area (Å²) in [5, 5.41) is 0. The van der Waals surface area contributed by atoms with Gasteiger partial charge >= 0.3 is 5.97 Å². The maximum absolute atomic E-state index is 10.6. The molecule has 0 aliphatic rings. The summed E-state index contributed by atoms with van der Waals surface area (Å²) in [6.45, 7) is 4.31. The first-order valence-corrected chi connectivity index (χ1v) is 3.32. The van der Waals surface area contributed by atoms with Gasteiger partial charge in [0, 0.05) is 6.42 Å². The van der Waals surface area contributed by atoms with Crippen molar-refractivity contribution in [3.8, 4) is 0 Å². The van der Waals surface area contributed by atoms with Crippen LogP contribution in [-0.2, 0) is 9.53 Å². The van der Waals surface area contributed by atoms with Crippen LogP contribution in [0, 0.1) is 0 Å². The summed E-state index contributed by atoms with van der Waals surface area (Å²) >= 11 is 0. The predicted octanol–water partition coefficient (Wildman–Crippen LogP) is 0.381. The molecule has 0 aromatic heterocycles. The maximum Gasteiger partial charge on any atom is 0.305 e. The number of hydrogen-bond donors (Lipinski definition) is 0. The molecule has 0 bridgehead atoms. The van der Waals surface area contributed by atoms with Gasteiger partial charge in [0.1, 0.15) is 7.85 Å². The molecule has 0 saturated carbocycles. The number of esters is 1. The molecule has 0 rings (SSSR count). The molecular formula is C6H13BO2. The van der Waals surface area contributed by atoms with Crippen LogP contribution in [0.15, 0.2) is 0 Å². The Hall–Kier alpha value is -0.465. The van der Waals surface area contributed by atoms with Gasteiger partial charge < -0.3 is 4.74 Å². The van der Waals surface area contributed by atoms with E-state index in [4.69, 9.17) is 4.74 Å². The summed E-state index contributed by atoms with van der Waals surface area (Å²) in [5.41, 5.74) is 0. The second-order valence-electron chi connectivity index (χ2n) is 2.40. The first-order valence-electron chi connectivity index (χ1n) is 3.32. The molecule has 2 nitrogen and oxygen atoms in total. The minimum Gasteiger partial charge on any atom is -0.466 e. The molecule has 0 aromatic carbocycles. The van der Waals surface area contributed by atoms with Crippen LogP contribution in [0.3, 0.4) is 0 Å². The van der Waals surface area contributed by atoms with E-state index in [1.54, 1.807) is 0 Å². The number of rotatable bonds is 3. The number of carbonyl (C=O) groups excluding carboxylic acids is 1. The Balaban J connectivity index is 3.27. The third-order valence-corrected chi connectivity index (χ3v) is 0.880. The van der Waals surface area contributed by atoms with Crippen molar-refractivity contribution in [2.45, 2.75) is 26.1 Å². The van der Waals surface area contributed by atoms with E-state index < -0.39 is 0 Å². The molecule has 0 N–H and O–H groups in total. The van der Waals surface area contributed by atoms with Crippen LogP contribution in [0.4, 0.5) is 0 Å². The van der Waals surface area contributed by atoms with Gasteiger partial charge in [0.05, 0.1) is 6.61 Å². The lowest BCUT2D eigenvalue weighted by Crippen LogP contribution is -2.05. The highest BCUT2D eigenvalue weighted by Crippen LogP contribution is 2.03. The van der Waals surface area contributed by atoms with Gasteiger partial charge in [0.15, 0.2) is 0 Å². The van der Waals surface area contributed by atoms with Crippen LogP contribution >= 0.6 is 0 Å². The molecule has 0 heterocycles. The molecule has 0 amide bonds. The smallest absolute Gasteiger partial charge is 0.305 e. The quantitative estimate of drug-likeness (QED) is 0.405. The largest absolute Gasteiger partial charge is 0.466 e. The summed E-state index contributed by atoms with van der Waals surface area (Å²) in [7, 11) is 2.00. The van der Waals surface area contributed by atoms with Crippen LogP contribution in [0.1, 0.15) is 20.3 Å². The molecule has 0 spiro atoms. The van der Waals surface area contributed by atoms with E-state index in [0.717, 1.165) is 0 Å². The van der Waals surface area contributed by atoms with Crippen molar-refractivity contribution in [3.63, 3.8) is 0 Å². The molecule has 9 heavy (non-hydrogen) atoms. The number of ether oxygens (including phenoxy) is 1. The summed E-state index contributed by atoms with van der Waals surface area (Å²) < 4.78 is 4.71. The van der Waals surface area contributed by atoms with Gasteiger partial charge in [-0.3, -0.25) is 4.79 Å². The fraction of sp³-hybridized carbons (Fsp3) is 0.833. The minimum atomic E-state index is -0.0903. The fourth-order valence-corrected chi connectivity index (χ4v) is 0.553. The molecule has 0 fully saturated rings. The Morgan fingerprint density at radius 2 is 2.33 bits per heavy atom. The predicted molar refractivity (Wildman–Crippen MR) is 39.2 cm³/mol. The second-order valence-corrected chi connectivity index (χ2v) is 2.40. The van der Waals surface area contributed by atoms with Crippen molar-refractivity contribution in [2.75, 3.05) is 6.61 Å². The van der Waals surface area contributed by atoms with Crippen molar-refractivity contribution >= 4 is 13.8 Å². The molecular weight excluding hydrogens is 115 g/mol. The zero-order valence-corrected chi connectivity index (χ0v) is 6.31. The van der Waals surface area contributed by atoms with Gasteiger partial charge in [0.25, 0.3) is 0 Å². The minimum absolute atomic E-state index is 0.0903. The summed E-state index contributed by atoms with van der Waals surface area (Å²) in [6.07, 6.45) is 0.536. The van der Waals surface area contributed by atoms with Crippen LogP contribution in [0.2, 0.25) is 5.82 Å². The van der Waals surface area contributed by atoms with Crippen molar-refractivity contribution in [1.82, 2.24) is 0 Å². The van der Waals surface area contributed by atoms with E-state index in [0.29, 0.717) is 18.8 Å². The van der Waals surface area contributed by atoms with Gasteiger partial charge in [-0.05, 0) is 6.92 Å². The standard InChI is InChI=1S/C6H13BO2/c1-3-9-6(8)4-5(2)7/h5H,3-4,7H2,1-2H3. The Morgan fingerprint density at radius 1 is 1.78 bits per heavy atom. The molecule has 0 radical (unpaired) electrons. The third-order valence-electron chi connectivity index (χ3n) is 0.880. The molecule has 0 aromatic rings. The van der Waals surface area contributed by atoms with E-state index in [2.05, 4.69) is 0 Å². The third kappa shape index (κ3) is 5.41. The first-order chi connectivity index (χ1) is 4.16. The molecule has 0 saturated heterocycles. The van der Waals surface area contributed by atoms with Crippen LogP contribution in [0.5, 0.6) is 0 Å². The first kappa shape index (κ1) is 8.53. The zero-order valence-electron chi connectivity index (χ0n) is 6.31. The van der Waals surface area contributed by atoms with Gasteiger partial charge in [-0.1, -0.05) is 12.7 Å². The van der Waals surface area contributed by atoms with E-state index in [-0.39, 0.29) is 5.97 Å². The average Bonchev–Trinajstić information content (AvgIpc) is 1.63. The second kappa shape index (κ2) is 4.42. The molecule has 1 atom stereocenters. The fourth-order valence-electron chi connectivity index (χ4n) is 0.553. The van der Waals surface area contributed by atoms with E-state index in [1.807, 2.05) is 21.7 Å². The molecule has 0 aliphatic carbocycles. The molecule has 0 aliphatic heterocycles. The van der Waals surface area contributed by atoms with Gasteiger partial charge in [0.2, 0.25) is 0 Å². The van der Waals surface area contributed by atoms with Crippen molar-refractivity contribution in [2.24, 2.45) is 0 Å². The number of carbonyl (C=O) groups is 1.